The zero-order valence-electron chi connectivity index (χ0n) is 23.8. The molecule has 0 unspecified atom stereocenters. The van der Waals surface area contributed by atoms with Gasteiger partial charge in [0, 0.05) is 56.1 Å². The maximum atomic E-state index is 11.2. The van der Waals surface area contributed by atoms with Crippen LogP contribution in [-0.4, -0.2) is 29.1 Å². The Bertz CT molecular complexity index is 1620. The Hall–Kier alpha value is -4.58. The Balaban J connectivity index is 1.55. The molecule has 0 aliphatic carbocycles. The highest BCUT2D eigenvalue weighted by atomic mass is 35.5. The summed E-state index contributed by atoms with van der Waals surface area (Å²) in [6, 6.07) is 18.9. The quantitative estimate of drug-likeness (QED) is 0.175. The third-order valence-corrected chi connectivity index (χ3v) is 7.14. The summed E-state index contributed by atoms with van der Waals surface area (Å²) >= 11 is 6.67. The van der Waals surface area contributed by atoms with Crippen molar-refractivity contribution in [2.75, 3.05) is 13.1 Å². The molecular weight excluding hydrogens is 552 g/mol. The van der Waals surface area contributed by atoms with Crippen molar-refractivity contribution in [3.8, 4) is 34.4 Å². The number of hydrogen-bond acceptors (Lipinski definition) is 7. The highest BCUT2D eigenvalue weighted by Crippen LogP contribution is 2.36. The van der Waals surface area contributed by atoms with Crippen LogP contribution in [0.15, 0.2) is 67.0 Å². The minimum absolute atomic E-state index is 0.0867. The molecule has 4 aromatic rings. The fourth-order valence-electron chi connectivity index (χ4n) is 4.50. The zero-order valence-corrected chi connectivity index (χ0v) is 24.6. The highest BCUT2D eigenvalue weighted by molar-refractivity contribution is 6.32. The number of benzene rings is 3. The number of nitrogens with one attached hydrogen (secondary N) is 2. The summed E-state index contributed by atoms with van der Waals surface area (Å²) in [5, 5.41) is 25.9. The smallest absolute Gasteiger partial charge is 0.216 e. The van der Waals surface area contributed by atoms with Crippen LogP contribution in [0.5, 0.6) is 17.2 Å². The molecule has 9 heteroatoms. The van der Waals surface area contributed by atoms with E-state index in [0.29, 0.717) is 41.7 Å². The minimum atomic E-state index is -0.0867. The van der Waals surface area contributed by atoms with Gasteiger partial charge < -0.3 is 25.2 Å². The lowest BCUT2D eigenvalue weighted by molar-refractivity contribution is -0.118. The number of carbonyl (C=O) groups excluding carboxylic acids is 1. The first kappa shape index (κ1) is 30.4. The molecule has 1 aromatic heterocycles. The molecule has 42 heavy (non-hydrogen) atoms. The van der Waals surface area contributed by atoms with Crippen molar-refractivity contribution < 1.29 is 19.4 Å². The lowest BCUT2D eigenvalue weighted by atomic mass is 9.93. The molecule has 0 atom stereocenters. The van der Waals surface area contributed by atoms with Gasteiger partial charge in [-0.3, -0.25) is 9.78 Å². The van der Waals surface area contributed by atoms with E-state index in [1.807, 2.05) is 44.2 Å². The molecule has 216 valence electrons. The van der Waals surface area contributed by atoms with Crippen LogP contribution in [0.3, 0.4) is 0 Å². The van der Waals surface area contributed by atoms with Gasteiger partial charge in [-0.1, -0.05) is 41.9 Å². The molecule has 8 nitrogen and oxygen atoms in total. The minimum Gasteiger partial charge on any atom is -0.508 e. The number of aromatic hydroxyl groups is 1. The van der Waals surface area contributed by atoms with Gasteiger partial charge >= 0.3 is 0 Å². The molecule has 1 heterocycles. The van der Waals surface area contributed by atoms with Crippen molar-refractivity contribution >= 4 is 17.5 Å². The fraction of sp³-hybridized carbons (Fsp3) is 0.242. The topological polar surface area (TPSA) is 116 Å². The van der Waals surface area contributed by atoms with E-state index in [-0.39, 0.29) is 24.9 Å². The average Bonchev–Trinajstić information content (AvgIpc) is 2.98. The van der Waals surface area contributed by atoms with Gasteiger partial charge in [0.15, 0.2) is 0 Å². The third kappa shape index (κ3) is 7.78. The average molecular weight is 585 g/mol. The van der Waals surface area contributed by atoms with Gasteiger partial charge in [0.25, 0.3) is 0 Å². The predicted octanol–water partition coefficient (Wildman–Crippen LogP) is 5.98. The largest absolute Gasteiger partial charge is 0.508 e. The van der Waals surface area contributed by atoms with Gasteiger partial charge in [0.1, 0.15) is 36.5 Å². The molecule has 0 aliphatic rings. The number of carbonyl (C=O) groups is 1. The first-order chi connectivity index (χ1) is 20.3. The van der Waals surface area contributed by atoms with Crippen LogP contribution < -0.4 is 20.1 Å². The normalized spacial score (nSPS) is 10.6. The number of pyridine rings is 1. The van der Waals surface area contributed by atoms with E-state index < -0.39 is 0 Å². The number of aromatic nitrogens is 1. The summed E-state index contributed by atoms with van der Waals surface area (Å²) in [6.45, 7) is 7.41. The summed E-state index contributed by atoms with van der Waals surface area (Å²) in [7, 11) is 0. The fourth-order valence-corrected chi connectivity index (χ4v) is 4.74. The van der Waals surface area contributed by atoms with Crippen molar-refractivity contribution in [1.29, 1.82) is 5.26 Å². The summed E-state index contributed by atoms with van der Waals surface area (Å²) in [4.78, 5) is 15.3. The number of amides is 1. The molecule has 0 radical (unpaired) electrons. The summed E-state index contributed by atoms with van der Waals surface area (Å²) in [5.74, 6) is 1.21. The second-order valence-corrected chi connectivity index (χ2v) is 10.3. The number of nitriles is 1. The van der Waals surface area contributed by atoms with Crippen LogP contribution in [0.1, 0.15) is 40.3 Å². The SMILES string of the molecule is CC(=O)NCCNCc1cc(Cl)c(OCc2cccc(-c3cccc(O)c3C)c2C)cc1OCc1cncc(C#N)c1. The van der Waals surface area contributed by atoms with Gasteiger partial charge in [0.2, 0.25) is 5.91 Å². The number of rotatable bonds is 12. The molecule has 0 aliphatic heterocycles. The first-order valence-electron chi connectivity index (χ1n) is 13.5. The Kier molecular flexibility index (Phi) is 10.4. The summed E-state index contributed by atoms with van der Waals surface area (Å²) in [5.41, 5.74) is 6.86. The first-order valence-corrected chi connectivity index (χ1v) is 13.9. The standard InChI is InChI=1S/C33H33ClN4O4/c1-21-26(6-4-7-28(21)29-8-5-9-31(40)22(29)2)20-42-33-14-32(41-19-25-12-24(15-35)16-37-17-25)27(13-30(33)34)18-36-10-11-38-23(3)39/h4-9,12-14,16-17,36,40H,10-11,18-20H2,1-3H3,(H,38,39). The van der Waals surface area contributed by atoms with Crippen LogP contribution in [0, 0.1) is 25.2 Å². The van der Waals surface area contributed by atoms with Crippen molar-refractivity contribution in [3.63, 3.8) is 0 Å². The third-order valence-electron chi connectivity index (χ3n) is 6.85. The number of nitrogens with zero attached hydrogens (tertiary/aromatic N) is 2. The van der Waals surface area contributed by atoms with E-state index in [0.717, 1.165) is 38.9 Å². The highest BCUT2D eigenvalue weighted by Gasteiger charge is 2.15. The van der Waals surface area contributed by atoms with E-state index in [1.165, 1.54) is 13.1 Å². The van der Waals surface area contributed by atoms with Gasteiger partial charge in [-0.25, -0.2) is 0 Å². The second-order valence-electron chi connectivity index (χ2n) is 9.86. The van der Waals surface area contributed by atoms with Gasteiger partial charge in [-0.15, -0.1) is 0 Å². The van der Waals surface area contributed by atoms with Crippen LogP contribution in [0.25, 0.3) is 11.1 Å². The lowest BCUT2D eigenvalue weighted by Gasteiger charge is -2.18. The van der Waals surface area contributed by atoms with Gasteiger partial charge in [0.05, 0.1) is 10.6 Å². The monoisotopic (exact) mass is 584 g/mol. The molecular formula is C33H33ClN4O4. The Morgan fingerprint density at radius 2 is 1.69 bits per heavy atom. The van der Waals surface area contributed by atoms with Crippen molar-refractivity contribution in [2.45, 2.75) is 40.5 Å². The van der Waals surface area contributed by atoms with Crippen molar-refractivity contribution in [2.24, 2.45) is 0 Å². The predicted molar refractivity (Wildman–Crippen MR) is 162 cm³/mol. The van der Waals surface area contributed by atoms with E-state index in [1.54, 1.807) is 30.5 Å². The number of hydrogen-bond donors (Lipinski definition) is 3. The van der Waals surface area contributed by atoms with Crippen LogP contribution >= 0.6 is 11.6 Å². The van der Waals surface area contributed by atoms with E-state index in [9.17, 15) is 15.2 Å². The van der Waals surface area contributed by atoms with Gasteiger partial charge in [-0.2, -0.15) is 5.26 Å². The molecule has 0 saturated heterocycles. The van der Waals surface area contributed by atoms with Crippen LogP contribution in [0.4, 0.5) is 0 Å². The second kappa shape index (κ2) is 14.4. The molecule has 0 fully saturated rings. The van der Waals surface area contributed by atoms with Gasteiger partial charge in [-0.05, 0) is 59.9 Å². The number of halogens is 1. The van der Waals surface area contributed by atoms with Crippen LogP contribution in [0.2, 0.25) is 5.02 Å². The molecule has 3 aromatic carbocycles. The van der Waals surface area contributed by atoms with E-state index >= 15 is 0 Å². The number of phenolic OH excluding ortho intramolecular Hbond substituents is 1. The molecule has 4 rings (SSSR count). The van der Waals surface area contributed by atoms with E-state index in [4.69, 9.17) is 21.1 Å². The lowest BCUT2D eigenvalue weighted by Crippen LogP contribution is -2.30. The van der Waals surface area contributed by atoms with E-state index in [2.05, 4.69) is 21.7 Å². The zero-order chi connectivity index (χ0) is 30.1. The number of ether oxygens (including phenoxy) is 2. The molecule has 1 amide bonds. The number of phenols is 1. The maximum Gasteiger partial charge on any atom is 0.216 e. The Morgan fingerprint density at radius 1 is 0.952 bits per heavy atom. The maximum absolute atomic E-state index is 11.2. The molecule has 0 bridgehead atoms. The summed E-state index contributed by atoms with van der Waals surface area (Å²) < 4.78 is 12.4. The van der Waals surface area contributed by atoms with Crippen molar-refractivity contribution in [3.05, 3.63) is 105 Å². The Labute approximate surface area is 250 Å². The summed E-state index contributed by atoms with van der Waals surface area (Å²) in [6.07, 6.45) is 3.16. The van der Waals surface area contributed by atoms with Crippen LogP contribution in [-0.2, 0) is 24.6 Å². The molecule has 0 saturated carbocycles. The van der Waals surface area contributed by atoms with Crippen molar-refractivity contribution in [1.82, 2.24) is 15.6 Å². The molecule has 0 spiro atoms. The Morgan fingerprint density at radius 3 is 2.45 bits per heavy atom. The molecule has 3 N–H and O–H groups in total.